The van der Waals surface area contributed by atoms with Crippen LogP contribution in [0.1, 0.15) is 27.2 Å². The van der Waals surface area contributed by atoms with Crippen molar-refractivity contribution >= 4 is 33.3 Å². The Bertz CT molecular complexity index is 237. The summed E-state index contributed by atoms with van der Waals surface area (Å²) in [5, 5.41) is 0.578. The predicted molar refractivity (Wildman–Crippen MR) is 56.5 cm³/mol. The summed E-state index contributed by atoms with van der Waals surface area (Å²) in [4.78, 5) is 11.1. The van der Waals surface area contributed by atoms with Crippen LogP contribution in [0.3, 0.4) is 0 Å². The highest BCUT2D eigenvalue weighted by Crippen LogP contribution is 2.18. The summed E-state index contributed by atoms with van der Waals surface area (Å²) in [6, 6.07) is 0. The Labute approximate surface area is 86.6 Å². The number of Topliss-reactive ketones (excluding diaryl/α,β-unsaturated/α-hetero) is 1. The van der Waals surface area contributed by atoms with Gasteiger partial charge in [0.05, 0.1) is 5.03 Å². The minimum absolute atomic E-state index is 0.127. The van der Waals surface area contributed by atoms with E-state index in [9.17, 15) is 4.79 Å². The van der Waals surface area contributed by atoms with Crippen LogP contribution in [-0.2, 0) is 4.79 Å². The maximum absolute atomic E-state index is 11.1. The molecule has 0 aliphatic rings. The number of halogens is 2. The molecular formula is C9H12BrClO. The molecule has 0 spiro atoms. The molecule has 0 bridgehead atoms. The standard InChI is InChI=1S/C9H12BrClO/c1-4-9(12)6(2)5-8(11)7(3)10/h5H,4H2,1-3H3/b6-5+,8-7-. The molecule has 0 atom stereocenters. The minimum Gasteiger partial charge on any atom is -0.295 e. The van der Waals surface area contributed by atoms with E-state index in [1.807, 2.05) is 13.8 Å². The van der Waals surface area contributed by atoms with E-state index >= 15 is 0 Å². The molecule has 68 valence electrons. The molecule has 0 aliphatic heterocycles. The zero-order valence-corrected chi connectivity index (χ0v) is 9.79. The lowest BCUT2D eigenvalue weighted by Crippen LogP contribution is -1.96. The fourth-order valence-corrected chi connectivity index (χ4v) is 0.927. The SMILES string of the molecule is CCC(=O)/C(C)=C/C(Cl)=C(\C)Br. The molecule has 0 aromatic carbocycles. The van der Waals surface area contributed by atoms with Crippen molar-refractivity contribution in [3.8, 4) is 0 Å². The topological polar surface area (TPSA) is 17.1 Å². The normalized spacial score (nSPS) is 14.2. The fraction of sp³-hybridized carbons (Fsp3) is 0.444. The molecule has 0 saturated heterocycles. The molecule has 0 heterocycles. The molecule has 0 aliphatic carbocycles. The first-order valence-corrected chi connectivity index (χ1v) is 4.89. The summed E-state index contributed by atoms with van der Waals surface area (Å²) in [6.07, 6.45) is 2.20. The molecule has 0 aromatic heterocycles. The predicted octanol–water partition coefficient (Wildman–Crippen LogP) is 3.78. The lowest BCUT2D eigenvalue weighted by Gasteiger charge is -1.97. The van der Waals surface area contributed by atoms with Crippen molar-refractivity contribution in [3.63, 3.8) is 0 Å². The lowest BCUT2D eigenvalue weighted by atomic mass is 10.1. The van der Waals surface area contributed by atoms with Gasteiger partial charge in [0, 0.05) is 10.9 Å². The Morgan fingerprint density at radius 3 is 2.33 bits per heavy atom. The van der Waals surface area contributed by atoms with Gasteiger partial charge in [-0.25, -0.2) is 0 Å². The summed E-state index contributed by atoms with van der Waals surface area (Å²) in [6.45, 7) is 5.44. The van der Waals surface area contributed by atoms with E-state index in [-0.39, 0.29) is 5.78 Å². The van der Waals surface area contributed by atoms with Gasteiger partial charge in [-0.05, 0) is 25.5 Å². The number of allylic oxidation sites excluding steroid dienone is 4. The quantitative estimate of drug-likeness (QED) is 0.551. The van der Waals surface area contributed by atoms with Crippen molar-refractivity contribution in [1.29, 1.82) is 0 Å². The molecule has 0 rings (SSSR count). The first-order chi connectivity index (χ1) is 5.49. The van der Waals surface area contributed by atoms with Crippen molar-refractivity contribution in [3.05, 3.63) is 21.2 Å². The molecule has 0 radical (unpaired) electrons. The Morgan fingerprint density at radius 2 is 2.00 bits per heavy atom. The highest BCUT2D eigenvalue weighted by molar-refractivity contribution is 9.11. The van der Waals surface area contributed by atoms with Gasteiger partial charge in [-0.1, -0.05) is 34.5 Å². The minimum atomic E-state index is 0.127. The van der Waals surface area contributed by atoms with E-state index in [1.165, 1.54) is 0 Å². The summed E-state index contributed by atoms with van der Waals surface area (Å²) in [5.74, 6) is 0.127. The fourth-order valence-electron chi connectivity index (χ4n) is 0.649. The van der Waals surface area contributed by atoms with E-state index in [4.69, 9.17) is 11.6 Å². The number of carbonyl (C=O) groups is 1. The van der Waals surface area contributed by atoms with Crippen LogP contribution in [0.15, 0.2) is 21.2 Å². The van der Waals surface area contributed by atoms with Crippen molar-refractivity contribution in [1.82, 2.24) is 0 Å². The zero-order valence-electron chi connectivity index (χ0n) is 7.45. The third kappa shape index (κ3) is 4.07. The van der Waals surface area contributed by atoms with Gasteiger partial charge in [0.15, 0.2) is 5.78 Å². The smallest absolute Gasteiger partial charge is 0.158 e. The Hall–Kier alpha value is -0.0800. The van der Waals surface area contributed by atoms with Crippen LogP contribution in [-0.4, -0.2) is 5.78 Å². The van der Waals surface area contributed by atoms with Crippen LogP contribution in [0, 0.1) is 0 Å². The van der Waals surface area contributed by atoms with E-state index in [2.05, 4.69) is 15.9 Å². The lowest BCUT2D eigenvalue weighted by molar-refractivity contribution is -0.115. The maximum atomic E-state index is 11.1. The first-order valence-electron chi connectivity index (χ1n) is 3.72. The van der Waals surface area contributed by atoms with Crippen molar-refractivity contribution in [2.24, 2.45) is 0 Å². The van der Waals surface area contributed by atoms with E-state index in [0.29, 0.717) is 17.0 Å². The van der Waals surface area contributed by atoms with E-state index < -0.39 is 0 Å². The highest BCUT2D eigenvalue weighted by Gasteiger charge is 2.01. The summed E-state index contributed by atoms with van der Waals surface area (Å²) in [7, 11) is 0. The van der Waals surface area contributed by atoms with Gasteiger partial charge in [0.2, 0.25) is 0 Å². The maximum Gasteiger partial charge on any atom is 0.158 e. The van der Waals surface area contributed by atoms with Gasteiger partial charge in [0.1, 0.15) is 0 Å². The molecule has 12 heavy (non-hydrogen) atoms. The van der Waals surface area contributed by atoms with Gasteiger partial charge in [-0.15, -0.1) is 0 Å². The summed E-state index contributed by atoms with van der Waals surface area (Å²) < 4.78 is 0.840. The van der Waals surface area contributed by atoms with Crippen LogP contribution >= 0.6 is 27.5 Å². The molecule has 3 heteroatoms. The Kier molecular flexibility index (Phi) is 5.51. The molecule has 0 aromatic rings. The van der Waals surface area contributed by atoms with E-state index in [1.54, 1.807) is 13.0 Å². The summed E-state index contributed by atoms with van der Waals surface area (Å²) >= 11 is 9.05. The Balaban J connectivity index is 4.58. The number of hydrogen-bond donors (Lipinski definition) is 0. The van der Waals surface area contributed by atoms with Gasteiger partial charge in [0.25, 0.3) is 0 Å². The molecule has 1 nitrogen and oxygen atoms in total. The number of rotatable bonds is 3. The molecule has 0 saturated carbocycles. The molecule has 0 unspecified atom stereocenters. The zero-order chi connectivity index (χ0) is 9.72. The van der Waals surface area contributed by atoms with Gasteiger partial charge < -0.3 is 0 Å². The van der Waals surface area contributed by atoms with Crippen LogP contribution in [0.25, 0.3) is 0 Å². The van der Waals surface area contributed by atoms with Crippen molar-refractivity contribution < 1.29 is 4.79 Å². The molecule has 0 amide bonds. The second kappa shape index (κ2) is 5.55. The largest absolute Gasteiger partial charge is 0.295 e. The van der Waals surface area contributed by atoms with Gasteiger partial charge in [-0.2, -0.15) is 0 Å². The monoisotopic (exact) mass is 250 g/mol. The summed E-state index contributed by atoms with van der Waals surface area (Å²) in [5.41, 5.74) is 0.696. The number of ketones is 1. The number of hydrogen-bond acceptors (Lipinski definition) is 1. The number of carbonyl (C=O) groups excluding carboxylic acids is 1. The van der Waals surface area contributed by atoms with Crippen molar-refractivity contribution in [2.75, 3.05) is 0 Å². The second-order valence-corrected chi connectivity index (χ2v) is 4.08. The van der Waals surface area contributed by atoms with E-state index in [0.717, 1.165) is 4.48 Å². The van der Waals surface area contributed by atoms with Crippen LogP contribution in [0.2, 0.25) is 0 Å². The van der Waals surface area contributed by atoms with Crippen LogP contribution in [0.4, 0.5) is 0 Å². The Morgan fingerprint density at radius 1 is 1.50 bits per heavy atom. The third-order valence-corrected chi connectivity index (χ3v) is 2.48. The van der Waals surface area contributed by atoms with Crippen LogP contribution in [0.5, 0.6) is 0 Å². The molecular weight excluding hydrogens is 239 g/mol. The second-order valence-electron chi connectivity index (χ2n) is 2.49. The molecule has 0 N–H and O–H groups in total. The van der Waals surface area contributed by atoms with Crippen molar-refractivity contribution in [2.45, 2.75) is 27.2 Å². The third-order valence-electron chi connectivity index (χ3n) is 1.43. The van der Waals surface area contributed by atoms with Crippen LogP contribution < -0.4 is 0 Å². The first kappa shape index (κ1) is 11.9. The molecule has 0 fully saturated rings. The van der Waals surface area contributed by atoms with Gasteiger partial charge >= 0.3 is 0 Å². The van der Waals surface area contributed by atoms with Gasteiger partial charge in [-0.3, -0.25) is 4.79 Å². The average Bonchev–Trinajstić information content (AvgIpc) is 2.02. The average molecular weight is 252 g/mol. The highest BCUT2D eigenvalue weighted by atomic mass is 79.9.